The van der Waals surface area contributed by atoms with Gasteiger partial charge < -0.3 is 14.7 Å². The lowest BCUT2D eigenvalue weighted by molar-refractivity contribution is -0.145. The minimum atomic E-state index is -0.846. The van der Waals surface area contributed by atoms with Crippen molar-refractivity contribution in [2.45, 2.75) is 45.2 Å². The third-order valence-electron chi connectivity index (χ3n) is 3.32. The van der Waals surface area contributed by atoms with Crippen molar-refractivity contribution in [2.24, 2.45) is 0 Å². The number of nitrogens with zero attached hydrogens (tertiary/aromatic N) is 1. The Balaban J connectivity index is 2.48. The van der Waals surface area contributed by atoms with Gasteiger partial charge in [-0.05, 0) is 33.6 Å². The largest absolute Gasteiger partial charge is 0.480 e. The molecule has 0 aromatic heterocycles. The summed E-state index contributed by atoms with van der Waals surface area (Å²) in [4.78, 5) is 13.7. The van der Waals surface area contributed by atoms with Gasteiger partial charge >= 0.3 is 5.97 Å². The van der Waals surface area contributed by atoms with Crippen LogP contribution >= 0.6 is 0 Å². The van der Waals surface area contributed by atoms with Crippen LogP contribution in [0.1, 0.15) is 33.6 Å². The molecule has 1 atom stereocenters. The Morgan fingerprint density at radius 1 is 1.44 bits per heavy atom. The summed E-state index contributed by atoms with van der Waals surface area (Å²) in [5.41, 5.74) is -0.846. The molecule has 0 aromatic rings. The molecule has 0 radical (unpaired) electrons. The van der Waals surface area contributed by atoms with Gasteiger partial charge in [-0.3, -0.25) is 10.1 Å². The van der Waals surface area contributed by atoms with Crippen LogP contribution in [0.3, 0.4) is 0 Å². The quantitative estimate of drug-likeness (QED) is 0.742. The zero-order valence-electron chi connectivity index (χ0n) is 11.7. The SMILES string of the molecule is CC(C)NC(C)(CCN1CCCOCC1)C(=O)O. The van der Waals surface area contributed by atoms with E-state index in [9.17, 15) is 9.90 Å². The molecule has 0 aliphatic carbocycles. The van der Waals surface area contributed by atoms with Gasteiger partial charge in [0.25, 0.3) is 0 Å². The molecule has 1 fully saturated rings. The van der Waals surface area contributed by atoms with Gasteiger partial charge in [0.05, 0.1) is 6.61 Å². The van der Waals surface area contributed by atoms with Gasteiger partial charge in [-0.15, -0.1) is 0 Å². The first kappa shape index (κ1) is 15.4. The number of carbonyl (C=O) groups is 1. The Morgan fingerprint density at radius 3 is 2.78 bits per heavy atom. The van der Waals surface area contributed by atoms with Crippen molar-refractivity contribution in [2.75, 3.05) is 32.8 Å². The molecule has 5 heteroatoms. The molecular formula is C13H26N2O3. The van der Waals surface area contributed by atoms with Gasteiger partial charge in [-0.1, -0.05) is 0 Å². The van der Waals surface area contributed by atoms with Crippen LogP contribution in [-0.2, 0) is 9.53 Å². The van der Waals surface area contributed by atoms with Crippen molar-refractivity contribution in [1.82, 2.24) is 10.2 Å². The summed E-state index contributed by atoms with van der Waals surface area (Å²) < 4.78 is 5.40. The van der Waals surface area contributed by atoms with Gasteiger partial charge in [-0.2, -0.15) is 0 Å². The number of rotatable bonds is 6. The molecule has 0 bridgehead atoms. The molecule has 1 heterocycles. The van der Waals surface area contributed by atoms with Crippen LogP contribution in [0.2, 0.25) is 0 Å². The first-order valence-electron chi connectivity index (χ1n) is 6.75. The maximum absolute atomic E-state index is 11.4. The first-order chi connectivity index (χ1) is 8.44. The van der Waals surface area contributed by atoms with Crippen molar-refractivity contribution in [3.8, 4) is 0 Å². The van der Waals surface area contributed by atoms with Gasteiger partial charge in [0.15, 0.2) is 0 Å². The lowest BCUT2D eigenvalue weighted by atomic mass is 9.96. The van der Waals surface area contributed by atoms with E-state index in [0.29, 0.717) is 6.42 Å². The first-order valence-corrected chi connectivity index (χ1v) is 6.75. The number of carboxylic acids is 1. The van der Waals surface area contributed by atoms with Crippen LogP contribution in [0.25, 0.3) is 0 Å². The van der Waals surface area contributed by atoms with Crippen molar-refractivity contribution < 1.29 is 14.6 Å². The Kier molecular flexibility index (Phi) is 6.05. The highest BCUT2D eigenvalue weighted by atomic mass is 16.5. The van der Waals surface area contributed by atoms with E-state index in [0.717, 1.165) is 39.3 Å². The highest BCUT2D eigenvalue weighted by Gasteiger charge is 2.33. The van der Waals surface area contributed by atoms with E-state index in [1.54, 1.807) is 6.92 Å². The summed E-state index contributed by atoms with van der Waals surface area (Å²) in [7, 11) is 0. The zero-order valence-corrected chi connectivity index (χ0v) is 11.7. The van der Waals surface area contributed by atoms with Crippen molar-refractivity contribution in [3.05, 3.63) is 0 Å². The molecule has 18 heavy (non-hydrogen) atoms. The van der Waals surface area contributed by atoms with E-state index in [-0.39, 0.29) is 6.04 Å². The average molecular weight is 258 g/mol. The van der Waals surface area contributed by atoms with E-state index < -0.39 is 11.5 Å². The van der Waals surface area contributed by atoms with E-state index in [1.807, 2.05) is 13.8 Å². The fourth-order valence-electron chi connectivity index (χ4n) is 2.28. The second-order valence-electron chi connectivity index (χ2n) is 5.49. The average Bonchev–Trinajstić information content (AvgIpc) is 2.53. The molecule has 1 saturated heterocycles. The van der Waals surface area contributed by atoms with Crippen molar-refractivity contribution in [1.29, 1.82) is 0 Å². The Hall–Kier alpha value is -0.650. The summed E-state index contributed by atoms with van der Waals surface area (Å²) in [5, 5.41) is 12.5. The Morgan fingerprint density at radius 2 is 2.17 bits per heavy atom. The maximum Gasteiger partial charge on any atom is 0.323 e. The topological polar surface area (TPSA) is 61.8 Å². The summed E-state index contributed by atoms with van der Waals surface area (Å²) >= 11 is 0. The zero-order chi connectivity index (χ0) is 13.6. The summed E-state index contributed by atoms with van der Waals surface area (Å²) in [6.07, 6.45) is 1.64. The molecule has 1 aliphatic heterocycles. The molecule has 0 aromatic carbocycles. The smallest absolute Gasteiger partial charge is 0.323 e. The number of aliphatic carboxylic acids is 1. The molecule has 1 aliphatic rings. The van der Waals surface area contributed by atoms with E-state index >= 15 is 0 Å². The molecule has 1 unspecified atom stereocenters. The summed E-state index contributed by atoms with van der Waals surface area (Å²) in [5.74, 6) is -0.776. The van der Waals surface area contributed by atoms with Gasteiger partial charge in [0.2, 0.25) is 0 Å². The fourth-order valence-corrected chi connectivity index (χ4v) is 2.28. The van der Waals surface area contributed by atoms with Crippen molar-refractivity contribution in [3.63, 3.8) is 0 Å². The van der Waals surface area contributed by atoms with E-state index in [2.05, 4.69) is 10.2 Å². The van der Waals surface area contributed by atoms with Gasteiger partial charge in [-0.25, -0.2) is 0 Å². The normalized spacial score (nSPS) is 21.6. The Labute approximate surface area is 109 Å². The van der Waals surface area contributed by atoms with Gasteiger partial charge in [0.1, 0.15) is 5.54 Å². The number of hydrogen-bond acceptors (Lipinski definition) is 4. The summed E-state index contributed by atoms with van der Waals surface area (Å²) in [6.45, 7) is 9.98. The van der Waals surface area contributed by atoms with Crippen LogP contribution in [0.5, 0.6) is 0 Å². The summed E-state index contributed by atoms with van der Waals surface area (Å²) in [6, 6.07) is 0.165. The minimum absolute atomic E-state index is 0.165. The van der Waals surface area contributed by atoms with Crippen LogP contribution in [0.4, 0.5) is 0 Å². The molecule has 0 spiro atoms. The molecule has 0 saturated carbocycles. The molecule has 106 valence electrons. The molecule has 2 N–H and O–H groups in total. The Bertz CT molecular complexity index is 263. The molecular weight excluding hydrogens is 232 g/mol. The second-order valence-corrected chi connectivity index (χ2v) is 5.49. The predicted octanol–water partition coefficient (Wildman–Crippen LogP) is 0.940. The lowest BCUT2D eigenvalue weighted by Crippen LogP contribution is -2.54. The molecule has 5 nitrogen and oxygen atoms in total. The fraction of sp³-hybridized carbons (Fsp3) is 0.923. The number of nitrogens with one attached hydrogen (secondary N) is 1. The van der Waals surface area contributed by atoms with Gasteiger partial charge in [0, 0.05) is 32.3 Å². The van der Waals surface area contributed by atoms with E-state index in [1.165, 1.54) is 0 Å². The van der Waals surface area contributed by atoms with Crippen molar-refractivity contribution >= 4 is 5.97 Å². The third kappa shape index (κ3) is 4.92. The van der Waals surface area contributed by atoms with E-state index in [4.69, 9.17) is 4.74 Å². The predicted molar refractivity (Wildman–Crippen MR) is 70.8 cm³/mol. The lowest BCUT2D eigenvalue weighted by Gasteiger charge is -2.31. The standard InChI is InChI=1S/C13H26N2O3/c1-11(2)14-13(3,12(16)17)5-7-15-6-4-9-18-10-8-15/h11,14H,4-10H2,1-3H3,(H,16,17). The third-order valence-corrected chi connectivity index (χ3v) is 3.32. The van der Waals surface area contributed by atoms with Crippen LogP contribution in [-0.4, -0.2) is 60.4 Å². The minimum Gasteiger partial charge on any atom is -0.480 e. The number of ether oxygens (including phenoxy) is 1. The number of hydrogen-bond donors (Lipinski definition) is 2. The second kappa shape index (κ2) is 7.07. The van der Waals surface area contributed by atoms with Crippen LogP contribution in [0, 0.1) is 0 Å². The molecule has 1 rings (SSSR count). The maximum atomic E-state index is 11.4. The monoisotopic (exact) mass is 258 g/mol. The number of carboxylic acid groups (broad SMARTS) is 1. The van der Waals surface area contributed by atoms with Crippen LogP contribution < -0.4 is 5.32 Å². The highest BCUT2D eigenvalue weighted by molar-refractivity contribution is 5.78. The molecule has 0 amide bonds. The van der Waals surface area contributed by atoms with Crippen LogP contribution in [0.15, 0.2) is 0 Å². The highest BCUT2D eigenvalue weighted by Crippen LogP contribution is 2.13.